The second kappa shape index (κ2) is 4.88. The number of sulfone groups is 1. The van der Waals surface area contributed by atoms with E-state index in [9.17, 15) is 13.2 Å². The number of thiazole rings is 1. The molecule has 20 heavy (non-hydrogen) atoms. The zero-order valence-electron chi connectivity index (χ0n) is 11.6. The molecule has 2 heterocycles. The Bertz CT molecular complexity index is 638. The molecule has 1 aliphatic heterocycles. The van der Waals surface area contributed by atoms with Gasteiger partial charge in [-0.3, -0.25) is 4.79 Å². The van der Waals surface area contributed by atoms with Crippen molar-refractivity contribution >= 4 is 38.0 Å². The number of hydrogen-bond donors (Lipinski definition) is 2. The molecule has 1 aromatic rings. The molecule has 0 aromatic carbocycles. The molecule has 1 aromatic heterocycles. The van der Waals surface area contributed by atoms with Crippen LogP contribution in [-0.2, 0) is 9.84 Å². The summed E-state index contributed by atoms with van der Waals surface area (Å²) < 4.78 is 23.1. The van der Waals surface area contributed by atoms with Crippen LogP contribution >= 0.6 is 11.3 Å². The highest BCUT2D eigenvalue weighted by Crippen LogP contribution is 2.29. The van der Waals surface area contributed by atoms with Gasteiger partial charge in [-0.25, -0.2) is 13.4 Å². The monoisotopic (exact) mass is 318 g/mol. The number of nitrogen functional groups attached to an aromatic ring is 1. The molecule has 0 spiro atoms. The topological polar surface area (TPSA) is 105 Å². The molecule has 112 valence electrons. The second-order valence-corrected chi connectivity index (χ2v) is 8.62. The first-order valence-electron chi connectivity index (χ1n) is 6.08. The second-order valence-electron chi connectivity index (χ2n) is 5.46. The van der Waals surface area contributed by atoms with Crippen LogP contribution in [0.1, 0.15) is 23.0 Å². The lowest BCUT2D eigenvalue weighted by atomic mass is 10.0. The third kappa shape index (κ3) is 3.04. The predicted molar refractivity (Wildman–Crippen MR) is 80.0 cm³/mol. The van der Waals surface area contributed by atoms with Crippen molar-refractivity contribution in [1.29, 1.82) is 0 Å². The van der Waals surface area contributed by atoms with Gasteiger partial charge in [-0.1, -0.05) is 11.3 Å². The van der Waals surface area contributed by atoms with E-state index in [-0.39, 0.29) is 23.2 Å². The molecule has 3 N–H and O–H groups in total. The van der Waals surface area contributed by atoms with E-state index in [1.807, 2.05) is 14.1 Å². The Kier molecular flexibility index (Phi) is 3.67. The van der Waals surface area contributed by atoms with E-state index in [2.05, 4.69) is 10.3 Å². The minimum atomic E-state index is -3.07. The first-order valence-corrected chi connectivity index (χ1v) is 8.72. The van der Waals surface area contributed by atoms with Crippen molar-refractivity contribution in [2.75, 3.05) is 36.2 Å². The minimum Gasteiger partial charge on any atom is -0.382 e. The summed E-state index contributed by atoms with van der Waals surface area (Å²) in [5.41, 5.74) is 5.01. The standard InChI is InChI=1S/C11H18N4O3S2/c1-11(4-5-20(17,18)6-11)14-9(16)7-8(12)13-10(19-7)15(2)3/h4-6,12H2,1-3H3,(H,14,16). The van der Waals surface area contributed by atoms with E-state index in [4.69, 9.17) is 5.73 Å². The minimum absolute atomic E-state index is 0.0367. The third-order valence-electron chi connectivity index (χ3n) is 3.15. The largest absolute Gasteiger partial charge is 0.382 e. The van der Waals surface area contributed by atoms with Crippen LogP contribution in [0.2, 0.25) is 0 Å². The van der Waals surface area contributed by atoms with Gasteiger partial charge in [0.2, 0.25) is 0 Å². The molecule has 1 atom stereocenters. The molecule has 1 amide bonds. The fourth-order valence-corrected chi connectivity index (χ4v) is 5.01. The van der Waals surface area contributed by atoms with Gasteiger partial charge in [-0.15, -0.1) is 0 Å². The van der Waals surface area contributed by atoms with E-state index in [1.54, 1.807) is 11.8 Å². The highest BCUT2D eigenvalue weighted by molar-refractivity contribution is 7.91. The molecular formula is C11H18N4O3S2. The number of nitrogens with one attached hydrogen (secondary N) is 1. The van der Waals surface area contributed by atoms with Gasteiger partial charge >= 0.3 is 0 Å². The maximum absolute atomic E-state index is 12.2. The Labute approximate surface area is 122 Å². The molecule has 0 saturated carbocycles. The van der Waals surface area contributed by atoms with Crippen LogP contribution in [0.5, 0.6) is 0 Å². The van der Waals surface area contributed by atoms with Gasteiger partial charge in [0, 0.05) is 14.1 Å². The van der Waals surface area contributed by atoms with Gasteiger partial charge in [0.15, 0.2) is 15.0 Å². The zero-order chi connectivity index (χ0) is 15.1. The molecule has 7 nitrogen and oxygen atoms in total. The van der Waals surface area contributed by atoms with E-state index in [1.165, 1.54) is 11.3 Å². The number of nitrogens with two attached hydrogens (primary N) is 1. The van der Waals surface area contributed by atoms with Crippen molar-refractivity contribution in [3.63, 3.8) is 0 Å². The van der Waals surface area contributed by atoms with E-state index in [0.717, 1.165) is 0 Å². The summed E-state index contributed by atoms with van der Waals surface area (Å²) in [5, 5.41) is 3.41. The average Bonchev–Trinajstić information content (AvgIpc) is 2.79. The van der Waals surface area contributed by atoms with Crippen molar-refractivity contribution in [2.45, 2.75) is 18.9 Å². The number of carbonyl (C=O) groups is 1. The number of hydrogen-bond acceptors (Lipinski definition) is 7. The summed E-state index contributed by atoms with van der Waals surface area (Å²) in [6, 6.07) is 0. The van der Waals surface area contributed by atoms with Crippen LogP contribution in [0.25, 0.3) is 0 Å². The Balaban J connectivity index is 2.17. The Hall–Kier alpha value is -1.35. The normalized spacial score (nSPS) is 24.6. The summed E-state index contributed by atoms with van der Waals surface area (Å²) >= 11 is 1.19. The summed E-state index contributed by atoms with van der Waals surface area (Å²) in [6.07, 6.45) is 0.417. The van der Waals surface area contributed by atoms with Crippen molar-refractivity contribution in [1.82, 2.24) is 10.3 Å². The number of anilines is 2. The quantitative estimate of drug-likeness (QED) is 0.819. The van der Waals surface area contributed by atoms with Crippen LogP contribution < -0.4 is 16.0 Å². The number of carbonyl (C=O) groups excluding carboxylic acids is 1. The highest BCUT2D eigenvalue weighted by Gasteiger charge is 2.40. The van der Waals surface area contributed by atoms with E-state index in [0.29, 0.717) is 16.4 Å². The van der Waals surface area contributed by atoms with Crippen LogP contribution in [0.3, 0.4) is 0 Å². The number of amides is 1. The molecule has 1 aliphatic rings. The van der Waals surface area contributed by atoms with Gasteiger partial charge < -0.3 is 16.0 Å². The summed E-state index contributed by atoms with van der Waals surface area (Å²) in [4.78, 5) is 18.4. The third-order valence-corrected chi connectivity index (χ3v) is 6.29. The van der Waals surface area contributed by atoms with Gasteiger partial charge in [-0.2, -0.15) is 0 Å². The summed E-state index contributed by atoms with van der Waals surface area (Å²) in [7, 11) is 0.554. The van der Waals surface area contributed by atoms with E-state index < -0.39 is 15.4 Å². The number of rotatable bonds is 3. The lowest BCUT2D eigenvalue weighted by molar-refractivity contribution is 0.0920. The fourth-order valence-electron chi connectivity index (χ4n) is 2.11. The van der Waals surface area contributed by atoms with Gasteiger partial charge in [0.25, 0.3) is 5.91 Å². The first kappa shape index (κ1) is 15.0. The zero-order valence-corrected chi connectivity index (χ0v) is 13.3. The van der Waals surface area contributed by atoms with Crippen LogP contribution in [0.4, 0.5) is 10.9 Å². The molecule has 0 radical (unpaired) electrons. The predicted octanol–water partition coefficient (Wildman–Crippen LogP) is 0.0983. The lowest BCUT2D eigenvalue weighted by Gasteiger charge is -2.23. The van der Waals surface area contributed by atoms with Gasteiger partial charge in [-0.05, 0) is 13.3 Å². The average molecular weight is 318 g/mol. The maximum Gasteiger partial charge on any atom is 0.265 e. The molecule has 1 unspecified atom stereocenters. The van der Waals surface area contributed by atoms with Gasteiger partial charge in [0.1, 0.15) is 10.7 Å². The molecule has 2 rings (SSSR count). The number of aromatic nitrogens is 1. The van der Waals surface area contributed by atoms with Crippen molar-refractivity contribution in [3.05, 3.63) is 4.88 Å². The number of nitrogens with zero attached hydrogens (tertiary/aromatic N) is 2. The smallest absolute Gasteiger partial charge is 0.265 e. The highest BCUT2D eigenvalue weighted by atomic mass is 32.2. The van der Waals surface area contributed by atoms with Crippen molar-refractivity contribution < 1.29 is 13.2 Å². The molecule has 0 bridgehead atoms. The van der Waals surface area contributed by atoms with Gasteiger partial charge in [0.05, 0.1) is 17.0 Å². The van der Waals surface area contributed by atoms with Crippen LogP contribution in [0.15, 0.2) is 0 Å². The Morgan fingerprint density at radius 1 is 1.50 bits per heavy atom. The lowest BCUT2D eigenvalue weighted by Crippen LogP contribution is -2.46. The molecular weight excluding hydrogens is 300 g/mol. The Morgan fingerprint density at radius 3 is 2.60 bits per heavy atom. The fraction of sp³-hybridized carbons (Fsp3) is 0.636. The Morgan fingerprint density at radius 2 is 2.15 bits per heavy atom. The molecule has 9 heteroatoms. The van der Waals surface area contributed by atoms with E-state index >= 15 is 0 Å². The molecule has 1 saturated heterocycles. The van der Waals surface area contributed by atoms with Crippen LogP contribution in [0, 0.1) is 0 Å². The molecule has 1 fully saturated rings. The molecule has 0 aliphatic carbocycles. The van der Waals surface area contributed by atoms with Crippen molar-refractivity contribution in [3.8, 4) is 0 Å². The van der Waals surface area contributed by atoms with Crippen molar-refractivity contribution in [2.24, 2.45) is 0 Å². The summed E-state index contributed by atoms with van der Waals surface area (Å²) in [5.74, 6) is -0.135. The SMILES string of the molecule is CN(C)c1nc(N)c(C(=O)NC2(C)CCS(=O)(=O)C2)s1. The van der Waals surface area contributed by atoms with Crippen LogP contribution in [-0.4, -0.2) is 50.4 Å². The first-order chi connectivity index (χ1) is 9.12. The maximum atomic E-state index is 12.2. The summed E-state index contributed by atoms with van der Waals surface area (Å²) in [6.45, 7) is 1.74.